The highest BCUT2D eigenvalue weighted by Crippen LogP contribution is 2.41. The fourth-order valence-corrected chi connectivity index (χ4v) is 6.01. The van der Waals surface area contributed by atoms with Crippen LogP contribution in [0.1, 0.15) is 42.9 Å². The molecule has 4 aromatic rings. The topological polar surface area (TPSA) is 89.2 Å². The second-order valence-electron chi connectivity index (χ2n) is 9.89. The third-order valence-electron chi connectivity index (χ3n) is 7.69. The summed E-state index contributed by atoms with van der Waals surface area (Å²) < 4.78 is 21.9. The van der Waals surface area contributed by atoms with Crippen LogP contribution in [0.2, 0.25) is 0 Å². The number of nitrogens with one attached hydrogen (secondary N) is 1. The average molecular weight is 476 g/mol. The second kappa shape index (κ2) is 9.00. The summed E-state index contributed by atoms with van der Waals surface area (Å²) >= 11 is 0. The van der Waals surface area contributed by atoms with Gasteiger partial charge in [-0.3, -0.25) is 5.10 Å². The predicted octanol–water partition coefficient (Wildman–Crippen LogP) is 4.87. The van der Waals surface area contributed by atoms with Crippen molar-refractivity contribution < 1.29 is 13.9 Å². The number of carbonyl (C=O) groups excluding carboxylic acids is 1. The summed E-state index contributed by atoms with van der Waals surface area (Å²) in [7, 11) is 0. The first-order valence-electron chi connectivity index (χ1n) is 12.5. The molecule has 1 unspecified atom stereocenters. The average Bonchev–Trinajstić information content (AvgIpc) is 3.46. The largest absolute Gasteiger partial charge is 0.381 e. The Kier molecular flexibility index (Phi) is 5.68. The number of H-pyrrole nitrogens is 1. The van der Waals surface area contributed by atoms with E-state index >= 15 is 0 Å². The van der Waals surface area contributed by atoms with Gasteiger partial charge in [-0.15, -0.1) is 0 Å². The number of nitrogens with two attached hydrogens (primary N) is 1. The minimum Gasteiger partial charge on any atom is -0.381 e. The molecule has 2 fully saturated rings. The van der Waals surface area contributed by atoms with Crippen molar-refractivity contribution in [3.63, 3.8) is 0 Å². The molecule has 8 heteroatoms. The Bertz CT molecular complexity index is 1370. The van der Waals surface area contributed by atoms with Crippen molar-refractivity contribution >= 4 is 27.8 Å². The number of ether oxygens (including phenoxy) is 1. The number of aromatic amines is 1. The minimum atomic E-state index is -0.340. The molecule has 1 atom stereocenters. The van der Waals surface area contributed by atoms with Gasteiger partial charge < -0.3 is 19.9 Å². The van der Waals surface area contributed by atoms with E-state index in [4.69, 9.17) is 10.5 Å². The lowest BCUT2D eigenvalue weighted by molar-refractivity contribution is 0.0840. The maximum absolute atomic E-state index is 13.9. The number of carbonyl (C=O) groups is 1. The molecule has 182 valence electrons. The summed E-state index contributed by atoms with van der Waals surface area (Å²) in [6, 6.07) is 10.8. The number of amides is 2. The monoisotopic (exact) mass is 475 g/mol. The molecule has 0 saturated carbocycles. The molecule has 4 heterocycles. The minimum absolute atomic E-state index is 0.246. The predicted molar refractivity (Wildman–Crippen MR) is 133 cm³/mol. The van der Waals surface area contributed by atoms with Gasteiger partial charge in [0.05, 0.1) is 17.2 Å². The summed E-state index contributed by atoms with van der Waals surface area (Å²) in [5.41, 5.74) is 11.3. The Hall–Kier alpha value is -3.39. The van der Waals surface area contributed by atoms with Gasteiger partial charge in [-0.1, -0.05) is 0 Å². The van der Waals surface area contributed by atoms with Crippen molar-refractivity contribution in [1.82, 2.24) is 19.7 Å². The van der Waals surface area contributed by atoms with Crippen molar-refractivity contribution in [3.8, 4) is 5.69 Å². The lowest BCUT2D eigenvalue weighted by Crippen LogP contribution is -2.43. The summed E-state index contributed by atoms with van der Waals surface area (Å²) in [5.74, 6) is 0.423. The number of piperidine rings is 1. The number of hydrogen-bond donors (Lipinski definition) is 2. The van der Waals surface area contributed by atoms with Crippen LogP contribution in [0.15, 0.2) is 42.6 Å². The number of urea groups is 1. The van der Waals surface area contributed by atoms with Gasteiger partial charge in [0.25, 0.3) is 0 Å². The molecule has 2 saturated heterocycles. The summed E-state index contributed by atoms with van der Waals surface area (Å²) in [5, 5.41) is 9.59. The van der Waals surface area contributed by atoms with Gasteiger partial charge in [0.1, 0.15) is 5.82 Å². The number of fused-ring (bicyclic) bond motifs is 2. The Morgan fingerprint density at radius 1 is 1.17 bits per heavy atom. The fraction of sp³-hybridized carbons (Fsp3) is 0.407. The zero-order valence-corrected chi connectivity index (χ0v) is 19.7. The molecule has 0 aliphatic carbocycles. The number of nitrogens with zero attached hydrogens (tertiary/aromatic N) is 3. The number of aromatic nitrogens is 3. The Labute approximate surface area is 203 Å². The van der Waals surface area contributed by atoms with Crippen LogP contribution in [0.25, 0.3) is 27.5 Å². The normalized spacial score (nSPS) is 19.6. The van der Waals surface area contributed by atoms with Crippen molar-refractivity contribution in [1.29, 1.82) is 0 Å². The lowest BCUT2D eigenvalue weighted by Gasteiger charge is -2.32. The zero-order chi connectivity index (χ0) is 23.9. The smallest absolute Gasteiger partial charge is 0.314 e. The number of benzene rings is 2. The maximum Gasteiger partial charge on any atom is 0.314 e. The molecule has 2 aliphatic rings. The number of rotatable bonds is 4. The van der Waals surface area contributed by atoms with Gasteiger partial charge in [-0.25, -0.2) is 9.18 Å². The SMILES string of the molecule is NC(=O)N1CCCC(Cc2c(C3CCOCC3)n(-c3ccc(F)cc3)c3cc4cn[nH]c4cc23)C1. The number of hydrogen-bond acceptors (Lipinski definition) is 3. The highest BCUT2D eigenvalue weighted by Gasteiger charge is 2.30. The number of likely N-dealkylation sites (tertiary alicyclic amines) is 1. The summed E-state index contributed by atoms with van der Waals surface area (Å²) in [6.45, 7) is 2.88. The van der Waals surface area contributed by atoms with Crippen molar-refractivity contribution in [2.45, 2.75) is 38.0 Å². The van der Waals surface area contributed by atoms with E-state index in [1.807, 2.05) is 18.3 Å². The highest BCUT2D eigenvalue weighted by molar-refractivity contribution is 5.98. The zero-order valence-electron chi connectivity index (χ0n) is 19.7. The standard InChI is InChI=1S/C27H30FN5O2/c28-20-3-5-21(6-4-20)33-25-13-19-15-30-31-24(19)14-22(25)23(26(33)18-7-10-35-11-8-18)12-17-2-1-9-32(16-17)27(29)34/h3-6,13-15,17-18H,1-2,7-12,16H2,(H2,29,34)(H,30,31). The molecule has 2 aromatic carbocycles. The number of primary amides is 1. The lowest BCUT2D eigenvalue weighted by atomic mass is 9.86. The Balaban J connectivity index is 1.56. The van der Waals surface area contributed by atoms with Gasteiger partial charge in [-0.05, 0) is 80.0 Å². The molecule has 2 amide bonds. The molecule has 3 N–H and O–H groups in total. The molecule has 7 nitrogen and oxygen atoms in total. The molecule has 6 rings (SSSR count). The van der Waals surface area contributed by atoms with E-state index in [1.165, 1.54) is 28.8 Å². The van der Waals surface area contributed by atoms with Crippen molar-refractivity contribution in [3.05, 3.63) is 59.7 Å². The Morgan fingerprint density at radius 2 is 1.97 bits per heavy atom. The van der Waals surface area contributed by atoms with Gasteiger partial charge in [0.15, 0.2) is 0 Å². The van der Waals surface area contributed by atoms with Crippen LogP contribution in [-0.2, 0) is 11.2 Å². The van der Waals surface area contributed by atoms with Crippen LogP contribution >= 0.6 is 0 Å². The fourth-order valence-electron chi connectivity index (χ4n) is 6.01. The van der Waals surface area contributed by atoms with Gasteiger partial charge >= 0.3 is 6.03 Å². The van der Waals surface area contributed by atoms with Crippen LogP contribution < -0.4 is 5.73 Å². The summed E-state index contributed by atoms with van der Waals surface area (Å²) in [4.78, 5) is 13.7. The van der Waals surface area contributed by atoms with Gasteiger partial charge in [0.2, 0.25) is 0 Å². The van der Waals surface area contributed by atoms with Crippen LogP contribution in [0, 0.1) is 11.7 Å². The first-order valence-corrected chi connectivity index (χ1v) is 12.5. The van der Waals surface area contributed by atoms with Crippen LogP contribution in [0.3, 0.4) is 0 Å². The van der Waals surface area contributed by atoms with Crippen molar-refractivity contribution in [2.24, 2.45) is 11.7 Å². The van der Waals surface area contributed by atoms with E-state index in [0.717, 1.165) is 74.0 Å². The Morgan fingerprint density at radius 3 is 2.74 bits per heavy atom. The van der Waals surface area contributed by atoms with E-state index in [-0.39, 0.29) is 11.8 Å². The van der Waals surface area contributed by atoms with E-state index < -0.39 is 0 Å². The van der Waals surface area contributed by atoms with Gasteiger partial charge in [0, 0.05) is 54.4 Å². The highest BCUT2D eigenvalue weighted by atomic mass is 19.1. The summed E-state index contributed by atoms with van der Waals surface area (Å²) in [6.07, 6.45) is 6.62. The van der Waals surface area contributed by atoms with E-state index in [1.54, 1.807) is 4.90 Å². The quantitative estimate of drug-likeness (QED) is 0.441. The van der Waals surface area contributed by atoms with Crippen LogP contribution in [0.5, 0.6) is 0 Å². The number of halogens is 1. The maximum atomic E-state index is 13.9. The first-order chi connectivity index (χ1) is 17.1. The van der Waals surface area contributed by atoms with E-state index in [2.05, 4.69) is 26.9 Å². The van der Waals surface area contributed by atoms with Gasteiger partial charge in [-0.2, -0.15) is 5.10 Å². The van der Waals surface area contributed by atoms with Crippen LogP contribution in [-0.4, -0.2) is 52.0 Å². The molecule has 0 spiro atoms. The molecule has 2 aromatic heterocycles. The third-order valence-corrected chi connectivity index (χ3v) is 7.69. The molecule has 0 radical (unpaired) electrons. The molecule has 2 aliphatic heterocycles. The van der Waals surface area contributed by atoms with E-state index in [9.17, 15) is 9.18 Å². The molecular formula is C27H30FN5O2. The van der Waals surface area contributed by atoms with Crippen molar-refractivity contribution in [2.75, 3.05) is 26.3 Å². The molecule has 0 bridgehead atoms. The third kappa shape index (κ3) is 4.05. The first kappa shape index (κ1) is 22.1. The molecular weight excluding hydrogens is 445 g/mol. The van der Waals surface area contributed by atoms with E-state index in [0.29, 0.717) is 18.4 Å². The second-order valence-corrected chi connectivity index (χ2v) is 9.89. The molecule has 35 heavy (non-hydrogen) atoms. The van der Waals surface area contributed by atoms with Crippen LogP contribution in [0.4, 0.5) is 9.18 Å².